The summed E-state index contributed by atoms with van der Waals surface area (Å²) >= 11 is 0.459. The fraction of sp³-hybridized carbons (Fsp3) is 0.417. The fourth-order valence-corrected chi connectivity index (χ4v) is 1.74. The van der Waals surface area contributed by atoms with E-state index in [1.165, 1.54) is 24.3 Å². The van der Waals surface area contributed by atoms with E-state index in [4.69, 9.17) is 5.73 Å². The van der Waals surface area contributed by atoms with Crippen molar-refractivity contribution in [2.75, 3.05) is 13.1 Å². The second-order valence-electron chi connectivity index (χ2n) is 3.95. The minimum atomic E-state index is -2.45. The number of rotatable bonds is 6. The number of nitrogens with one attached hydrogen (secondary N) is 1. The third kappa shape index (κ3) is 5.01. The number of carbonyl (C=O) groups is 1. The molecule has 1 unspecified atom stereocenters. The molecule has 0 fully saturated rings. The molecule has 3 N–H and O–H groups in total. The highest BCUT2D eigenvalue weighted by atomic mass is 32.2. The van der Waals surface area contributed by atoms with E-state index in [-0.39, 0.29) is 11.8 Å². The number of hydrogen-bond acceptors (Lipinski definition) is 3. The predicted molar refractivity (Wildman–Crippen MR) is 68.9 cm³/mol. The van der Waals surface area contributed by atoms with Gasteiger partial charge in [-0.3, -0.25) is 4.79 Å². The summed E-state index contributed by atoms with van der Waals surface area (Å²) in [4.78, 5) is 12.1. The zero-order chi connectivity index (χ0) is 13.5. The molecule has 0 bridgehead atoms. The maximum absolute atomic E-state index is 12.1. The minimum absolute atomic E-state index is 0.211. The molecule has 0 spiro atoms. The first-order chi connectivity index (χ1) is 8.52. The molecule has 100 valence electrons. The topological polar surface area (TPSA) is 55.1 Å². The summed E-state index contributed by atoms with van der Waals surface area (Å²) in [6, 6.07) is 6.09. The summed E-state index contributed by atoms with van der Waals surface area (Å²) in [6.45, 7) is 2.94. The van der Waals surface area contributed by atoms with Crippen LogP contribution >= 0.6 is 11.8 Å². The third-order valence-corrected chi connectivity index (χ3v) is 3.08. The van der Waals surface area contributed by atoms with E-state index in [1.807, 2.05) is 6.92 Å². The number of amides is 1. The van der Waals surface area contributed by atoms with Gasteiger partial charge in [0.05, 0.1) is 0 Å². The van der Waals surface area contributed by atoms with Crippen LogP contribution in [0.1, 0.15) is 17.3 Å². The molecule has 1 aromatic rings. The summed E-state index contributed by atoms with van der Waals surface area (Å²) < 4.78 is 24.2. The highest BCUT2D eigenvalue weighted by Gasteiger charge is 2.09. The van der Waals surface area contributed by atoms with Crippen LogP contribution in [0.5, 0.6) is 0 Å². The lowest BCUT2D eigenvalue weighted by molar-refractivity contribution is 0.0948. The van der Waals surface area contributed by atoms with Crippen LogP contribution in [0.25, 0.3) is 0 Å². The molecule has 1 rings (SSSR count). The highest BCUT2D eigenvalue weighted by molar-refractivity contribution is 7.99. The first-order valence-electron chi connectivity index (χ1n) is 5.56. The Balaban J connectivity index is 2.53. The number of hydrogen-bond donors (Lipinski definition) is 2. The summed E-state index contributed by atoms with van der Waals surface area (Å²) in [6.07, 6.45) is 0. The molecule has 18 heavy (non-hydrogen) atoms. The smallest absolute Gasteiger partial charge is 0.288 e. The second kappa shape index (κ2) is 7.33. The zero-order valence-electron chi connectivity index (χ0n) is 10.0. The summed E-state index contributed by atoms with van der Waals surface area (Å²) in [5.74, 6) is -2.46. The maximum atomic E-state index is 12.1. The minimum Gasteiger partial charge on any atom is -0.352 e. The van der Waals surface area contributed by atoms with Gasteiger partial charge in [-0.15, -0.1) is 0 Å². The van der Waals surface area contributed by atoms with Gasteiger partial charge in [-0.2, -0.15) is 8.78 Å². The van der Waals surface area contributed by atoms with Crippen LogP contribution in [-0.4, -0.2) is 24.8 Å². The molecule has 0 aromatic heterocycles. The Bertz CT molecular complexity index is 384. The molecule has 6 heteroatoms. The van der Waals surface area contributed by atoms with E-state index in [2.05, 4.69) is 5.32 Å². The van der Waals surface area contributed by atoms with Crippen molar-refractivity contribution < 1.29 is 13.6 Å². The van der Waals surface area contributed by atoms with Crippen LogP contribution < -0.4 is 11.1 Å². The van der Waals surface area contributed by atoms with Crippen LogP contribution in [0.2, 0.25) is 0 Å². The summed E-state index contributed by atoms with van der Waals surface area (Å²) in [7, 11) is 0. The SMILES string of the molecule is CC(CN)CNC(=O)c1ccc(SC(F)F)cc1. The molecular formula is C12H16F2N2OS. The number of benzene rings is 1. The maximum Gasteiger partial charge on any atom is 0.288 e. The van der Waals surface area contributed by atoms with Crippen molar-refractivity contribution in [2.45, 2.75) is 17.6 Å². The Hall–Kier alpha value is -1.14. The lowest BCUT2D eigenvalue weighted by atomic mass is 10.1. The Morgan fingerprint density at radius 1 is 1.39 bits per heavy atom. The van der Waals surface area contributed by atoms with Gasteiger partial charge < -0.3 is 11.1 Å². The number of alkyl halides is 2. The predicted octanol–water partition coefficient (Wildman–Crippen LogP) is 2.33. The Morgan fingerprint density at radius 2 is 2.00 bits per heavy atom. The number of carbonyl (C=O) groups excluding carboxylic acids is 1. The van der Waals surface area contributed by atoms with Gasteiger partial charge in [0.25, 0.3) is 11.7 Å². The fourth-order valence-electron chi connectivity index (χ4n) is 1.24. The third-order valence-electron chi connectivity index (χ3n) is 2.36. The number of halogens is 2. The first-order valence-corrected chi connectivity index (χ1v) is 6.44. The van der Waals surface area contributed by atoms with Crippen LogP contribution in [-0.2, 0) is 0 Å². The van der Waals surface area contributed by atoms with E-state index in [0.29, 0.717) is 35.3 Å². The number of thioether (sulfide) groups is 1. The van der Waals surface area contributed by atoms with Crippen LogP contribution in [0.15, 0.2) is 29.2 Å². The lowest BCUT2D eigenvalue weighted by Crippen LogP contribution is -2.31. The molecule has 0 aliphatic carbocycles. The lowest BCUT2D eigenvalue weighted by Gasteiger charge is -2.10. The van der Waals surface area contributed by atoms with Crippen molar-refractivity contribution in [1.82, 2.24) is 5.32 Å². The summed E-state index contributed by atoms with van der Waals surface area (Å²) in [5, 5.41) is 2.74. The summed E-state index contributed by atoms with van der Waals surface area (Å²) in [5.41, 5.74) is 5.89. The second-order valence-corrected chi connectivity index (χ2v) is 5.02. The normalized spacial score (nSPS) is 12.5. The van der Waals surface area contributed by atoms with E-state index in [9.17, 15) is 13.6 Å². The molecular weight excluding hydrogens is 258 g/mol. The van der Waals surface area contributed by atoms with E-state index in [0.717, 1.165) is 0 Å². The van der Waals surface area contributed by atoms with Crippen molar-refractivity contribution in [3.05, 3.63) is 29.8 Å². The molecule has 0 radical (unpaired) electrons. The van der Waals surface area contributed by atoms with E-state index < -0.39 is 5.76 Å². The quantitative estimate of drug-likeness (QED) is 0.783. The molecule has 1 atom stereocenters. The Morgan fingerprint density at radius 3 is 2.50 bits per heavy atom. The zero-order valence-corrected chi connectivity index (χ0v) is 10.8. The van der Waals surface area contributed by atoms with E-state index >= 15 is 0 Å². The molecule has 3 nitrogen and oxygen atoms in total. The van der Waals surface area contributed by atoms with Crippen LogP contribution in [0.4, 0.5) is 8.78 Å². The first kappa shape index (κ1) is 14.9. The molecule has 0 saturated heterocycles. The molecule has 0 aliphatic heterocycles. The monoisotopic (exact) mass is 274 g/mol. The molecule has 1 aromatic carbocycles. The average Bonchev–Trinajstić information content (AvgIpc) is 2.35. The van der Waals surface area contributed by atoms with Crippen molar-refractivity contribution in [2.24, 2.45) is 11.7 Å². The standard InChI is InChI=1S/C12H16F2N2OS/c1-8(6-15)7-16-11(17)9-2-4-10(5-3-9)18-12(13)14/h2-5,8,12H,6-7,15H2,1H3,(H,16,17). The van der Waals surface area contributed by atoms with Crippen molar-refractivity contribution in [3.8, 4) is 0 Å². The molecule has 0 aliphatic rings. The largest absolute Gasteiger partial charge is 0.352 e. The van der Waals surface area contributed by atoms with Crippen LogP contribution in [0.3, 0.4) is 0 Å². The van der Waals surface area contributed by atoms with Gasteiger partial charge >= 0.3 is 0 Å². The molecule has 0 heterocycles. The number of nitrogens with two attached hydrogens (primary N) is 1. The van der Waals surface area contributed by atoms with Gasteiger partial charge in [0.1, 0.15) is 0 Å². The highest BCUT2D eigenvalue weighted by Crippen LogP contribution is 2.25. The Labute approximate surface area is 109 Å². The van der Waals surface area contributed by atoms with Gasteiger partial charge in [-0.25, -0.2) is 0 Å². The van der Waals surface area contributed by atoms with Crippen LogP contribution in [0, 0.1) is 5.92 Å². The Kier molecular flexibility index (Phi) is 6.07. The van der Waals surface area contributed by atoms with Gasteiger partial charge in [0.15, 0.2) is 0 Å². The average molecular weight is 274 g/mol. The van der Waals surface area contributed by atoms with Gasteiger partial charge in [-0.05, 0) is 36.7 Å². The van der Waals surface area contributed by atoms with Crippen molar-refractivity contribution in [3.63, 3.8) is 0 Å². The molecule has 1 amide bonds. The van der Waals surface area contributed by atoms with Gasteiger partial charge in [0.2, 0.25) is 0 Å². The van der Waals surface area contributed by atoms with Gasteiger partial charge in [0, 0.05) is 17.0 Å². The van der Waals surface area contributed by atoms with Crippen molar-refractivity contribution >= 4 is 17.7 Å². The van der Waals surface area contributed by atoms with Gasteiger partial charge in [-0.1, -0.05) is 18.7 Å². The van der Waals surface area contributed by atoms with E-state index in [1.54, 1.807) is 0 Å². The molecule has 0 saturated carbocycles. The van der Waals surface area contributed by atoms with Crippen molar-refractivity contribution in [1.29, 1.82) is 0 Å².